The molecule has 0 atom stereocenters. The Morgan fingerprint density at radius 3 is 1.69 bits per heavy atom. The Bertz CT molecular complexity index is 222. The first-order chi connectivity index (χ1) is 6.21. The van der Waals surface area contributed by atoms with E-state index in [4.69, 9.17) is 0 Å². The van der Waals surface area contributed by atoms with Crippen molar-refractivity contribution < 1.29 is 25.5 Å². The van der Waals surface area contributed by atoms with Gasteiger partial charge in [0.2, 0.25) is 5.92 Å². The fourth-order valence-electron chi connectivity index (χ4n) is 0.710. The van der Waals surface area contributed by atoms with Gasteiger partial charge in [-0.25, -0.2) is 8.78 Å². The van der Waals surface area contributed by atoms with Crippen molar-refractivity contribution >= 4 is 10.2 Å². The zero-order chi connectivity index (χ0) is 11.8. The standard InChI is InChI=1S/C6H11F3O2S.CH3F.2CH4/c1-6(7,8)4-2-3-5-12(9,10)11;1-2;;/h2-5H2,1H3;1H3;2*1H4. The van der Waals surface area contributed by atoms with Crippen molar-refractivity contribution in [2.75, 3.05) is 12.9 Å². The van der Waals surface area contributed by atoms with E-state index in [1.165, 1.54) is 0 Å². The SMILES string of the molecule is C.C.CC(F)(F)CCCCS(=O)(=O)F.CF. The number of unbranched alkanes of at least 4 members (excludes halogenated alkanes) is 1. The van der Waals surface area contributed by atoms with Crippen LogP contribution in [0.25, 0.3) is 0 Å². The molecule has 0 spiro atoms. The predicted octanol–water partition coefficient (Wildman–Crippen LogP) is 3.97. The summed E-state index contributed by atoms with van der Waals surface area (Å²) in [6, 6.07) is 0. The Morgan fingerprint density at radius 2 is 1.44 bits per heavy atom. The fraction of sp³-hybridized carbons (Fsp3) is 1.00. The Labute approximate surface area is 96.3 Å². The maximum absolute atomic E-state index is 12.1. The maximum Gasteiger partial charge on any atom is 0.302 e. The summed E-state index contributed by atoms with van der Waals surface area (Å²) in [5, 5.41) is 0. The van der Waals surface area contributed by atoms with Crippen LogP contribution in [0, 0.1) is 0 Å². The van der Waals surface area contributed by atoms with Crippen LogP contribution >= 0.6 is 0 Å². The minimum atomic E-state index is -4.49. The van der Waals surface area contributed by atoms with E-state index in [0.29, 0.717) is 7.18 Å². The van der Waals surface area contributed by atoms with Gasteiger partial charge < -0.3 is 0 Å². The molecular weight excluding hydrogens is 248 g/mol. The number of hydrogen-bond acceptors (Lipinski definition) is 2. The molecule has 16 heavy (non-hydrogen) atoms. The summed E-state index contributed by atoms with van der Waals surface area (Å²) < 4.78 is 65.3. The molecule has 0 aromatic heterocycles. The van der Waals surface area contributed by atoms with Crippen LogP contribution in [0.15, 0.2) is 0 Å². The average molecular weight is 270 g/mol. The highest BCUT2D eigenvalue weighted by atomic mass is 32.3. The van der Waals surface area contributed by atoms with Crippen LogP contribution in [-0.4, -0.2) is 27.3 Å². The van der Waals surface area contributed by atoms with Crippen LogP contribution in [0.3, 0.4) is 0 Å². The summed E-state index contributed by atoms with van der Waals surface area (Å²) in [6.45, 7) is 0.747. The van der Waals surface area contributed by atoms with E-state index in [1.54, 1.807) is 0 Å². The van der Waals surface area contributed by atoms with Crippen molar-refractivity contribution in [3.8, 4) is 0 Å². The molecule has 0 aliphatic carbocycles. The second kappa shape index (κ2) is 11.2. The van der Waals surface area contributed by atoms with Crippen molar-refractivity contribution in [1.29, 1.82) is 0 Å². The molecule has 0 bridgehead atoms. The molecular formula is C9H22F4O2S. The van der Waals surface area contributed by atoms with Gasteiger partial charge in [0, 0.05) is 6.42 Å². The van der Waals surface area contributed by atoms with Crippen LogP contribution in [0.5, 0.6) is 0 Å². The molecule has 7 heteroatoms. The minimum absolute atomic E-state index is 0. The van der Waals surface area contributed by atoms with E-state index in [2.05, 4.69) is 0 Å². The fourth-order valence-corrected chi connectivity index (χ4v) is 1.26. The highest BCUT2D eigenvalue weighted by Gasteiger charge is 2.20. The van der Waals surface area contributed by atoms with Gasteiger partial charge in [-0.05, 0) is 19.8 Å². The van der Waals surface area contributed by atoms with E-state index in [-0.39, 0.29) is 27.7 Å². The smallest absolute Gasteiger partial charge is 0.255 e. The van der Waals surface area contributed by atoms with Crippen molar-refractivity contribution in [3.05, 3.63) is 0 Å². The zero-order valence-corrected chi connectivity index (χ0v) is 8.88. The molecule has 0 aromatic carbocycles. The highest BCUT2D eigenvalue weighted by Crippen LogP contribution is 2.19. The zero-order valence-electron chi connectivity index (χ0n) is 8.07. The lowest BCUT2D eigenvalue weighted by Crippen LogP contribution is -2.09. The molecule has 104 valence electrons. The number of halogens is 4. The average Bonchev–Trinajstić information content (AvgIpc) is 1.99. The van der Waals surface area contributed by atoms with Gasteiger partial charge in [-0.3, -0.25) is 4.39 Å². The van der Waals surface area contributed by atoms with Crippen molar-refractivity contribution in [3.63, 3.8) is 0 Å². The third-order valence-electron chi connectivity index (χ3n) is 1.25. The van der Waals surface area contributed by atoms with Crippen molar-refractivity contribution in [2.24, 2.45) is 0 Å². The first-order valence-corrected chi connectivity index (χ1v) is 5.44. The van der Waals surface area contributed by atoms with Crippen molar-refractivity contribution in [1.82, 2.24) is 0 Å². The summed E-state index contributed by atoms with van der Waals surface area (Å²) in [5.41, 5.74) is 0. The van der Waals surface area contributed by atoms with Gasteiger partial charge in [-0.15, -0.1) is 3.89 Å². The van der Waals surface area contributed by atoms with Crippen LogP contribution in [0.1, 0.15) is 41.0 Å². The van der Waals surface area contributed by atoms with Gasteiger partial charge in [0.05, 0.1) is 12.9 Å². The molecule has 0 saturated heterocycles. The monoisotopic (exact) mass is 270 g/mol. The van der Waals surface area contributed by atoms with E-state index in [0.717, 1.165) is 6.92 Å². The third-order valence-corrected chi connectivity index (χ3v) is 2.03. The number of rotatable bonds is 5. The van der Waals surface area contributed by atoms with Gasteiger partial charge in [0.1, 0.15) is 0 Å². The summed E-state index contributed by atoms with van der Waals surface area (Å²) in [4.78, 5) is 0. The third kappa shape index (κ3) is 29.2. The summed E-state index contributed by atoms with van der Waals surface area (Å²) in [6.07, 6.45) is -0.433. The summed E-state index contributed by atoms with van der Waals surface area (Å²) >= 11 is 0. The molecule has 0 N–H and O–H groups in total. The number of alkyl halides is 3. The second-order valence-electron chi connectivity index (χ2n) is 2.77. The van der Waals surface area contributed by atoms with Gasteiger partial charge in [-0.2, -0.15) is 8.42 Å². The molecule has 0 unspecified atom stereocenters. The molecule has 0 fully saturated rings. The molecule has 0 aliphatic rings. The Balaban J connectivity index is -0.000000169. The maximum atomic E-state index is 12.1. The molecule has 0 aliphatic heterocycles. The minimum Gasteiger partial charge on any atom is -0.255 e. The summed E-state index contributed by atoms with van der Waals surface area (Å²) in [7, 11) is -3.99. The highest BCUT2D eigenvalue weighted by molar-refractivity contribution is 7.86. The van der Waals surface area contributed by atoms with Gasteiger partial charge >= 0.3 is 10.2 Å². The molecule has 0 radical (unpaired) electrons. The second-order valence-corrected chi connectivity index (χ2v) is 4.26. The topological polar surface area (TPSA) is 34.1 Å². The van der Waals surface area contributed by atoms with Crippen LogP contribution in [-0.2, 0) is 10.2 Å². The molecule has 0 amide bonds. The first-order valence-electron chi connectivity index (χ1n) is 3.89. The lowest BCUT2D eigenvalue weighted by atomic mass is 10.2. The Morgan fingerprint density at radius 1 is 1.06 bits per heavy atom. The quantitative estimate of drug-likeness (QED) is 0.430. The van der Waals surface area contributed by atoms with Gasteiger partial charge in [-0.1, -0.05) is 14.9 Å². The number of hydrogen-bond donors (Lipinski definition) is 0. The van der Waals surface area contributed by atoms with Crippen molar-refractivity contribution in [2.45, 2.75) is 47.0 Å². The predicted molar refractivity (Wildman–Crippen MR) is 59.9 cm³/mol. The summed E-state index contributed by atoms with van der Waals surface area (Å²) in [5.74, 6) is -3.46. The van der Waals surface area contributed by atoms with E-state index in [9.17, 15) is 25.5 Å². The first kappa shape index (κ1) is 24.8. The van der Waals surface area contributed by atoms with Gasteiger partial charge in [0.15, 0.2) is 0 Å². The molecule has 0 aromatic rings. The van der Waals surface area contributed by atoms with Crippen LogP contribution in [0.4, 0.5) is 17.1 Å². The Hall–Kier alpha value is -0.330. The van der Waals surface area contributed by atoms with E-state index >= 15 is 0 Å². The van der Waals surface area contributed by atoms with Gasteiger partial charge in [0.25, 0.3) is 0 Å². The van der Waals surface area contributed by atoms with E-state index < -0.39 is 28.3 Å². The molecule has 2 nitrogen and oxygen atoms in total. The Kier molecular flexibility index (Phi) is 17.3. The van der Waals surface area contributed by atoms with Crippen LogP contribution in [0.2, 0.25) is 0 Å². The van der Waals surface area contributed by atoms with E-state index in [1.807, 2.05) is 0 Å². The molecule has 0 heterocycles. The molecule has 0 rings (SSSR count). The van der Waals surface area contributed by atoms with Crippen LogP contribution < -0.4 is 0 Å². The normalized spacial score (nSPS) is 10.4. The molecule has 0 saturated carbocycles. The lowest BCUT2D eigenvalue weighted by Gasteiger charge is -2.07. The lowest BCUT2D eigenvalue weighted by molar-refractivity contribution is 0.0108. The largest absolute Gasteiger partial charge is 0.302 e.